The minimum absolute atomic E-state index is 0.274. The van der Waals surface area contributed by atoms with E-state index in [2.05, 4.69) is 27.9 Å². The van der Waals surface area contributed by atoms with Crippen LogP contribution >= 0.6 is 0 Å². The lowest BCUT2D eigenvalue weighted by atomic mass is 10.1. The van der Waals surface area contributed by atoms with E-state index in [1.165, 1.54) is 18.5 Å². The highest BCUT2D eigenvalue weighted by Gasteiger charge is 2.31. The van der Waals surface area contributed by atoms with Crippen LogP contribution in [0.1, 0.15) is 37.4 Å². The standard InChI is InChI=1S/C19H23N3O2/c23-19(12-15-6-7-15)21-13-16-4-3-10-22(16)17(14-21)8-11-24-18-5-1-2-9-20-18/h1-5,9-10,15,17H,6-8,11-14H2/t17-/m0/s1. The Labute approximate surface area is 142 Å². The second kappa shape index (κ2) is 6.67. The summed E-state index contributed by atoms with van der Waals surface area (Å²) in [5.41, 5.74) is 1.22. The molecule has 2 aromatic heterocycles. The number of pyridine rings is 1. The first kappa shape index (κ1) is 15.2. The van der Waals surface area contributed by atoms with E-state index in [1.54, 1.807) is 6.20 Å². The molecule has 1 aliphatic heterocycles. The van der Waals surface area contributed by atoms with Crippen molar-refractivity contribution < 1.29 is 9.53 Å². The topological polar surface area (TPSA) is 47.4 Å². The summed E-state index contributed by atoms with van der Waals surface area (Å²) < 4.78 is 8.04. The van der Waals surface area contributed by atoms with Gasteiger partial charge in [0.1, 0.15) is 0 Å². The van der Waals surface area contributed by atoms with Crippen LogP contribution in [0, 0.1) is 5.92 Å². The first-order valence-corrected chi connectivity index (χ1v) is 8.77. The molecule has 3 heterocycles. The lowest BCUT2D eigenvalue weighted by Gasteiger charge is -2.35. The van der Waals surface area contributed by atoms with Gasteiger partial charge >= 0.3 is 0 Å². The van der Waals surface area contributed by atoms with Gasteiger partial charge in [-0.3, -0.25) is 4.79 Å². The molecule has 2 aromatic rings. The number of nitrogens with zero attached hydrogens (tertiary/aromatic N) is 3. The maximum absolute atomic E-state index is 12.5. The van der Waals surface area contributed by atoms with Crippen molar-refractivity contribution in [3.8, 4) is 5.88 Å². The molecule has 0 aromatic carbocycles. The van der Waals surface area contributed by atoms with Crippen LogP contribution in [0.4, 0.5) is 0 Å². The largest absolute Gasteiger partial charge is 0.478 e. The molecule has 1 aliphatic carbocycles. The molecule has 0 radical (unpaired) electrons. The van der Waals surface area contributed by atoms with E-state index >= 15 is 0 Å². The summed E-state index contributed by atoms with van der Waals surface area (Å²) in [4.78, 5) is 18.7. The Kier molecular flexibility index (Phi) is 4.24. The Hall–Kier alpha value is -2.30. The van der Waals surface area contributed by atoms with Gasteiger partial charge in [0.25, 0.3) is 0 Å². The second-order valence-corrected chi connectivity index (χ2v) is 6.79. The lowest BCUT2D eigenvalue weighted by Crippen LogP contribution is -2.41. The van der Waals surface area contributed by atoms with Gasteiger partial charge in [0, 0.05) is 43.5 Å². The molecule has 1 atom stereocenters. The number of amides is 1. The van der Waals surface area contributed by atoms with Crippen LogP contribution in [0.25, 0.3) is 0 Å². The minimum atomic E-state index is 0.274. The first-order valence-electron chi connectivity index (χ1n) is 8.77. The quantitative estimate of drug-likeness (QED) is 0.820. The van der Waals surface area contributed by atoms with Crippen molar-refractivity contribution >= 4 is 5.91 Å². The molecule has 126 valence electrons. The summed E-state index contributed by atoms with van der Waals surface area (Å²) in [5, 5.41) is 0. The minimum Gasteiger partial charge on any atom is -0.478 e. The average Bonchev–Trinajstić information content (AvgIpc) is 3.28. The normalized spacial score (nSPS) is 19.8. The molecule has 1 fully saturated rings. The molecule has 5 heteroatoms. The van der Waals surface area contributed by atoms with Crippen molar-refractivity contribution in [1.29, 1.82) is 0 Å². The summed E-state index contributed by atoms with van der Waals surface area (Å²) in [6.45, 7) is 2.11. The molecule has 0 spiro atoms. The Bertz CT molecular complexity index is 694. The van der Waals surface area contributed by atoms with Gasteiger partial charge in [-0.15, -0.1) is 0 Å². The van der Waals surface area contributed by atoms with Gasteiger partial charge in [0.15, 0.2) is 0 Å². The monoisotopic (exact) mass is 325 g/mol. The van der Waals surface area contributed by atoms with Gasteiger partial charge in [-0.1, -0.05) is 6.07 Å². The fraction of sp³-hybridized carbons (Fsp3) is 0.474. The molecule has 4 rings (SSSR count). The maximum Gasteiger partial charge on any atom is 0.223 e. The third kappa shape index (κ3) is 3.45. The van der Waals surface area contributed by atoms with Crippen LogP contribution in [0.3, 0.4) is 0 Å². The molecule has 0 bridgehead atoms. The maximum atomic E-state index is 12.5. The Morgan fingerprint density at radius 3 is 2.96 bits per heavy atom. The van der Waals surface area contributed by atoms with Gasteiger partial charge in [0.2, 0.25) is 11.8 Å². The highest BCUT2D eigenvalue weighted by molar-refractivity contribution is 5.77. The average molecular weight is 325 g/mol. The molecule has 24 heavy (non-hydrogen) atoms. The number of hydrogen-bond donors (Lipinski definition) is 0. The molecule has 0 N–H and O–H groups in total. The van der Waals surface area contributed by atoms with E-state index in [0.717, 1.165) is 25.9 Å². The fourth-order valence-corrected chi connectivity index (χ4v) is 3.37. The van der Waals surface area contributed by atoms with E-state index in [4.69, 9.17) is 4.74 Å². The summed E-state index contributed by atoms with van der Waals surface area (Å²) in [7, 11) is 0. The van der Waals surface area contributed by atoms with Gasteiger partial charge in [-0.25, -0.2) is 4.98 Å². The van der Waals surface area contributed by atoms with Crippen LogP contribution in [0.2, 0.25) is 0 Å². The van der Waals surface area contributed by atoms with E-state index in [0.29, 0.717) is 24.3 Å². The fourth-order valence-electron chi connectivity index (χ4n) is 3.37. The summed E-state index contributed by atoms with van der Waals surface area (Å²) in [6.07, 6.45) is 7.87. The SMILES string of the molecule is O=C(CC1CC1)N1Cc2cccn2[C@@H](CCOc2ccccn2)C1. The van der Waals surface area contributed by atoms with E-state index < -0.39 is 0 Å². The number of hydrogen-bond acceptors (Lipinski definition) is 3. The first-order chi connectivity index (χ1) is 11.8. The molecule has 0 unspecified atom stereocenters. The van der Waals surface area contributed by atoms with Crippen molar-refractivity contribution in [3.05, 3.63) is 48.4 Å². The number of carbonyl (C=O) groups is 1. The van der Waals surface area contributed by atoms with E-state index in [-0.39, 0.29) is 6.04 Å². The van der Waals surface area contributed by atoms with Crippen molar-refractivity contribution in [3.63, 3.8) is 0 Å². The molecule has 1 saturated carbocycles. The zero-order valence-electron chi connectivity index (χ0n) is 13.8. The molecular formula is C19H23N3O2. The number of aromatic nitrogens is 2. The van der Waals surface area contributed by atoms with E-state index in [1.807, 2.05) is 23.1 Å². The highest BCUT2D eigenvalue weighted by Crippen LogP contribution is 2.34. The smallest absolute Gasteiger partial charge is 0.223 e. The molecule has 2 aliphatic rings. The Morgan fingerprint density at radius 1 is 1.25 bits per heavy atom. The second-order valence-electron chi connectivity index (χ2n) is 6.79. The van der Waals surface area contributed by atoms with Crippen molar-refractivity contribution in [2.24, 2.45) is 5.92 Å². The third-order valence-corrected chi connectivity index (χ3v) is 4.90. The van der Waals surface area contributed by atoms with Gasteiger partial charge in [0.05, 0.1) is 19.2 Å². The van der Waals surface area contributed by atoms with Crippen LogP contribution in [-0.4, -0.2) is 33.5 Å². The van der Waals surface area contributed by atoms with Crippen molar-refractivity contribution in [1.82, 2.24) is 14.5 Å². The summed E-state index contributed by atoms with van der Waals surface area (Å²) in [5.74, 6) is 1.60. The van der Waals surface area contributed by atoms with Gasteiger partial charge < -0.3 is 14.2 Å². The zero-order chi connectivity index (χ0) is 16.4. The zero-order valence-corrected chi connectivity index (χ0v) is 13.8. The van der Waals surface area contributed by atoms with Crippen molar-refractivity contribution in [2.45, 2.75) is 38.3 Å². The predicted molar refractivity (Wildman–Crippen MR) is 90.6 cm³/mol. The number of fused-ring (bicyclic) bond motifs is 1. The van der Waals surface area contributed by atoms with Crippen LogP contribution in [-0.2, 0) is 11.3 Å². The van der Waals surface area contributed by atoms with Crippen LogP contribution < -0.4 is 4.74 Å². The van der Waals surface area contributed by atoms with Crippen LogP contribution in [0.15, 0.2) is 42.7 Å². The Morgan fingerprint density at radius 2 is 2.17 bits per heavy atom. The predicted octanol–water partition coefficient (Wildman–Crippen LogP) is 3.04. The molecule has 5 nitrogen and oxygen atoms in total. The number of ether oxygens (including phenoxy) is 1. The van der Waals surface area contributed by atoms with E-state index in [9.17, 15) is 4.79 Å². The summed E-state index contributed by atoms with van der Waals surface area (Å²) in [6, 6.07) is 10.1. The third-order valence-electron chi connectivity index (χ3n) is 4.90. The van der Waals surface area contributed by atoms with Gasteiger partial charge in [-0.05, 0) is 37.0 Å². The number of carbonyl (C=O) groups excluding carboxylic acids is 1. The van der Waals surface area contributed by atoms with Gasteiger partial charge in [-0.2, -0.15) is 0 Å². The molecule has 0 saturated heterocycles. The number of rotatable bonds is 6. The summed E-state index contributed by atoms with van der Waals surface area (Å²) >= 11 is 0. The molecular weight excluding hydrogens is 302 g/mol. The Balaban J connectivity index is 1.38. The highest BCUT2D eigenvalue weighted by atomic mass is 16.5. The van der Waals surface area contributed by atoms with Crippen LogP contribution in [0.5, 0.6) is 5.88 Å². The van der Waals surface area contributed by atoms with Crippen molar-refractivity contribution in [2.75, 3.05) is 13.2 Å². The molecule has 1 amide bonds. The lowest BCUT2D eigenvalue weighted by molar-refractivity contribution is -0.133.